The molecule has 4 aromatic rings. The van der Waals surface area contributed by atoms with Crippen molar-refractivity contribution in [2.75, 3.05) is 24.4 Å². The number of hydrogen-bond acceptors (Lipinski definition) is 10. The zero-order valence-corrected chi connectivity index (χ0v) is 23.2. The van der Waals surface area contributed by atoms with Gasteiger partial charge in [0.2, 0.25) is 5.91 Å². The third-order valence-electron chi connectivity index (χ3n) is 5.59. The summed E-state index contributed by atoms with van der Waals surface area (Å²) < 4.78 is 30.4. The number of halogens is 1. The van der Waals surface area contributed by atoms with Gasteiger partial charge in [0.1, 0.15) is 16.2 Å². The van der Waals surface area contributed by atoms with Crippen molar-refractivity contribution in [2.45, 2.75) is 6.04 Å². The highest BCUT2D eigenvalue weighted by Gasteiger charge is 2.22. The predicted molar refractivity (Wildman–Crippen MR) is 150 cm³/mol. The molecule has 2 heterocycles. The second-order valence-electron chi connectivity index (χ2n) is 8.67. The topological polar surface area (TPSA) is 191 Å². The van der Waals surface area contributed by atoms with Gasteiger partial charge in [-0.05, 0) is 58.5 Å². The maximum absolute atomic E-state index is 12.9. The van der Waals surface area contributed by atoms with Crippen LogP contribution in [-0.2, 0) is 19.4 Å². The molecule has 16 heteroatoms. The number of nitrogens with one attached hydrogen (secondary N) is 3. The Balaban J connectivity index is 1.60. The largest absolute Gasteiger partial charge is 0.453 e. The van der Waals surface area contributed by atoms with E-state index in [0.29, 0.717) is 27.5 Å². The molecule has 0 bridgehead atoms. The van der Waals surface area contributed by atoms with E-state index in [-0.39, 0.29) is 11.3 Å². The summed E-state index contributed by atoms with van der Waals surface area (Å²) in [6, 6.07) is 11.5. The van der Waals surface area contributed by atoms with Crippen molar-refractivity contribution in [2.24, 2.45) is 0 Å². The maximum atomic E-state index is 12.9. The lowest BCUT2D eigenvalue weighted by molar-refractivity contribution is -0.117. The van der Waals surface area contributed by atoms with Crippen LogP contribution in [0.3, 0.4) is 0 Å². The van der Waals surface area contributed by atoms with E-state index in [0.717, 1.165) is 6.26 Å². The summed E-state index contributed by atoms with van der Waals surface area (Å²) in [6.45, 7) is 0. The number of aromatic nitrogens is 6. The fourth-order valence-electron chi connectivity index (χ4n) is 3.74. The maximum Gasteiger partial charge on any atom is 0.411 e. The van der Waals surface area contributed by atoms with Gasteiger partial charge >= 0.3 is 6.09 Å². The molecule has 2 aromatic heterocycles. The summed E-state index contributed by atoms with van der Waals surface area (Å²) in [5.74, 6) is -1.12. The van der Waals surface area contributed by atoms with E-state index in [9.17, 15) is 22.8 Å². The molecule has 0 spiro atoms. The standard InChI is InChI=1S/C25H23ClN8O6S/c1-40-25(37)28-18-7-3-15(4-8-18)19-12-20(30-31-24(19)36)21(13-41(2,38)39)29-23(35)10-5-16-11-17(26)6-9-22(16)34-14-27-32-33-34/h3-12,14,21H,13H2,1-2H3,(H,28,37)(H,29,35)(H,31,36)/b10-5+. The summed E-state index contributed by atoms with van der Waals surface area (Å²) >= 11 is 6.12. The molecular weight excluding hydrogens is 576 g/mol. The number of benzene rings is 2. The first-order valence-corrected chi connectivity index (χ1v) is 14.2. The molecule has 0 saturated heterocycles. The van der Waals surface area contributed by atoms with Crippen molar-refractivity contribution in [3.05, 3.63) is 87.6 Å². The van der Waals surface area contributed by atoms with Crippen LogP contribution in [0.5, 0.6) is 0 Å². The fraction of sp³-hybridized carbons (Fsp3) is 0.160. The lowest BCUT2D eigenvalue weighted by Gasteiger charge is -2.17. The Kier molecular flexibility index (Phi) is 8.89. The molecule has 0 radical (unpaired) electrons. The molecule has 2 aromatic carbocycles. The van der Waals surface area contributed by atoms with Crippen molar-refractivity contribution >= 4 is 45.2 Å². The SMILES string of the molecule is COC(=O)Nc1ccc(-c2cc(C(CS(C)(=O)=O)NC(=O)/C=C/c3cc(Cl)ccc3-n3cnnn3)n[nH]c2=O)cc1. The van der Waals surface area contributed by atoms with Crippen LogP contribution in [-0.4, -0.2) is 69.9 Å². The summed E-state index contributed by atoms with van der Waals surface area (Å²) in [7, 11) is -2.37. The first kappa shape index (κ1) is 29.1. The lowest BCUT2D eigenvalue weighted by atomic mass is 10.1. The number of H-pyrrole nitrogens is 1. The first-order chi connectivity index (χ1) is 19.5. The summed E-state index contributed by atoms with van der Waals surface area (Å²) in [5, 5.41) is 22.9. The number of carbonyl (C=O) groups is 2. The Labute approximate surface area is 238 Å². The average Bonchev–Trinajstić information content (AvgIpc) is 3.46. The number of rotatable bonds is 9. The molecule has 1 unspecified atom stereocenters. The summed E-state index contributed by atoms with van der Waals surface area (Å²) in [5.41, 5.74) is 1.72. The number of amides is 2. The van der Waals surface area contributed by atoms with Gasteiger partial charge in [-0.2, -0.15) is 9.78 Å². The van der Waals surface area contributed by atoms with Gasteiger partial charge in [0.05, 0.1) is 35.8 Å². The number of ether oxygens (including phenoxy) is 1. The van der Waals surface area contributed by atoms with Crippen LogP contribution in [0.4, 0.5) is 10.5 Å². The van der Waals surface area contributed by atoms with Crippen LogP contribution in [0.1, 0.15) is 17.3 Å². The number of tetrazole rings is 1. The highest BCUT2D eigenvalue weighted by atomic mass is 35.5. The van der Waals surface area contributed by atoms with E-state index < -0.39 is 39.2 Å². The van der Waals surface area contributed by atoms with Crippen LogP contribution >= 0.6 is 11.6 Å². The molecular formula is C25H23ClN8O6S. The number of sulfone groups is 1. The van der Waals surface area contributed by atoms with E-state index in [1.165, 1.54) is 36.3 Å². The van der Waals surface area contributed by atoms with E-state index in [2.05, 4.69) is 41.1 Å². The highest BCUT2D eigenvalue weighted by Crippen LogP contribution is 2.23. The van der Waals surface area contributed by atoms with E-state index in [1.807, 2.05) is 0 Å². The number of hydrogen-bond donors (Lipinski definition) is 3. The molecule has 212 valence electrons. The van der Waals surface area contributed by atoms with Crippen LogP contribution in [0.25, 0.3) is 22.9 Å². The molecule has 1 atom stereocenters. The minimum atomic E-state index is -3.60. The molecule has 0 aliphatic heterocycles. The minimum absolute atomic E-state index is 0.112. The molecule has 0 fully saturated rings. The third kappa shape index (κ3) is 7.83. The molecule has 3 N–H and O–H groups in total. The zero-order valence-electron chi connectivity index (χ0n) is 21.6. The zero-order chi connectivity index (χ0) is 29.6. The Bertz CT molecular complexity index is 1760. The molecule has 41 heavy (non-hydrogen) atoms. The van der Waals surface area contributed by atoms with Crippen LogP contribution in [0, 0.1) is 0 Å². The molecule has 4 rings (SSSR count). The Morgan fingerprint density at radius 3 is 2.59 bits per heavy atom. The van der Waals surface area contributed by atoms with Gasteiger partial charge < -0.3 is 10.1 Å². The summed E-state index contributed by atoms with van der Waals surface area (Å²) in [6.07, 6.45) is 4.43. The predicted octanol–water partition coefficient (Wildman–Crippen LogP) is 2.16. The lowest BCUT2D eigenvalue weighted by Crippen LogP contribution is -2.33. The van der Waals surface area contributed by atoms with Gasteiger partial charge in [0, 0.05) is 28.6 Å². The van der Waals surface area contributed by atoms with Crippen LogP contribution in [0.2, 0.25) is 5.02 Å². The average molecular weight is 599 g/mol. The quantitative estimate of drug-likeness (QED) is 0.240. The van der Waals surface area contributed by atoms with E-state index in [4.69, 9.17) is 11.6 Å². The number of nitrogens with zero attached hydrogens (tertiary/aromatic N) is 5. The highest BCUT2D eigenvalue weighted by molar-refractivity contribution is 7.90. The summed E-state index contributed by atoms with van der Waals surface area (Å²) in [4.78, 5) is 36.9. The third-order valence-corrected chi connectivity index (χ3v) is 6.77. The normalized spacial score (nSPS) is 12.2. The van der Waals surface area contributed by atoms with Crippen molar-refractivity contribution in [1.29, 1.82) is 0 Å². The van der Waals surface area contributed by atoms with Gasteiger partial charge in [0.15, 0.2) is 0 Å². The van der Waals surface area contributed by atoms with Crippen molar-refractivity contribution in [3.63, 3.8) is 0 Å². The van der Waals surface area contributed by atoms with Gasteiger partial charge in [0.25, 0.3) is 5.56 Å². The van der Waals surface area contributed by atoms with Gasteiger partial charge in [-0.3, -0.25) is 14.9 Å². The second kappa shape index (κ2) is 12.5. The number of aromatic amines is 1. The minimum Gasteiger partial charge on any atom is -0.453 e. The smallest absolute Gasteiger partial charge is 0.411 e. The second-order valence-corrected chi connectivity index (χ2v) is 11.3. The molecule has 2 amide bonds. The van der Waals surface area contributed by atoms with Gasteiger partial charge in [-0.1, -0.05) is 23.7 Å². The van der Waals surface area contributed by atoms with Crippen LogP contribution in [0.15, 0.2) is 65.7 Å². The first-order valence-electron chi connectivity index (χ1n) is 11.8. The molecule has 0 aliphatic rings. The van der Waals surface area contributed by atoms with Gasteiger partial charge in [-0.25, -0.2) is 18.3 Å². The molecule has 0 aliphatic carbocycles. The van der Waals surface area contributed by atoms with Gasteiger partial charge in [-0.15, -0.1) is 5.10 Å². The Hall–Kier alpha value is -4.89. The van der Waals surface area contributed by atoms with E-state index in [1.54, 1.807) is 42.5 Å². The van der Waals surface area contributed by atoms with E-state index >= 15 is 0 Å². The molecule has 0 saturated carbocycles. The molecule has 14 nitrogen and oxygen atoms in total. The fourth-order valence-corrected chi connectivity index (χ4v) is 4.78. The Morgan fingerprint density at radius 1 is 1.17 bits per heavy atom. The monoisotopic (exact) mass is 598 g/mol. The number of carbonyl (C=O) groups excluding carboxylic acids is 2. The number of anilines is 1. The number of methoxy groups -OCH3 is 1. The van der Waals surface area contributed by atoms with Crippen molar-refractivity contribution in [3.8, 4) is 16.8 Å². The van der Waals surface area contributed by atoms with Crippen molar-refractivity contribution < 1.29 is 22.7 Å². The Morgan fingerprint density at radius 2 is 1.93 bits per heavy atom. The van der Waals surface area contributed by atoms with Crippen LogP contribution < -0.4 is 16.2 Å². The van der Waals surface area contributed by atoms with Crippen molar-refractivity contribution in [1.82, 2.24) is 35.7 Å².